The molecule has 0 radical (unpaired) electrons. The van der Waals surface area contributed by atoms with Crippen molar-refractivity contribution in [3.05, 3.63) is 35.1 Å². The van der Waals surface area contributed by atoms with Crippen molar-refractivity contribution in [3.8, 4) is 11.8 Å². The first kappa shape index (κ1) is 16.2. The first-order valence-electron chi connectivity index (χ1n) is 6.43. The number of halogens is 1. The quantitative estimate of drug-likeness (QED) is 0.791. The Kier molecular flexibility index (Phi) is 6.71. The summed E-state index contributed by atoms with van der Waals surface area (Å²) >= 11 is 0. The molecule has 1 aromatic rings. The number of carbonyl (C=O) groups excluding carboxylic acids is 1. The fourth-order valence-corrected chi connectivity index (χ4v) is 1.73. The summed E-state index contributed by atoms with van der Waals surface area (Å²) in [6.45, 7) is 2.41. The Labute approximate surface area is 117 Å². The van der Waals surface area contributed by atoms with Crippen LogP contribution in [-0.4, -0.2) is 47.3 Å². The van der Waals surface area contributed by atoms with Gasteiger partial charge in [-0.2, -0.15) is 0 Å². The minimum absolute atomic E-state index is 0.00777. The molecular weight excluding hydrogens is 261 g/mol. The van der Waals surface area contributed by atoms with E-state index in [2.05, 4.69) is 11.8 Å². The largest absolute Gasteiger partial charge is 0.396 e. The Balaban J connectivity index is 2.90. The Hall–Kier alpha value is -1.90. The third-order valence-corrected chi connectivity index (χ3v) is 2.77. The third-order valence-electron chi connectivity index (χ3n) is 2.77. The normalized spacial score (nSPS) is 9.80. The molecule has 2 N–H and O–H groups in total. The van der Waals surface area contributed by atoms with Crippen molar-refractivity contribution in [3.63, 3.8) is 0 Å². The van der Waals surface area contributed by atoms with Crippen LogP contribution < -0.4 is 0 Å². The zero-order valence-corrected chi connectivity index (χ0v) is 11.4. The van der Waals surface area contributed by atoms with Crippen LogP contribution in [0, 0.1) is 17.7 Å². The summed E-state index contributed by atoms with van der Waals surface area (Å²) in [6.07, 6.45) is 0.488. The molecule has 0 saturated carbocycles. The lowest BCUT2D eigenvalue weighted by Crippen LogP contribution is -2.32. The highest BCUT2D eigenvalue weighted by atomic mass is 19.1. The highest BCUT2D eigenvalue weighted by molar-refractivity contribution is 5.94. The first-order chi connectivity index (χ1) is 9.63. The third kappa shape index (κ3) is 4.34. The van der Waals surface area contributed by atoms with E-state index in [9.17, 15) is 9.18 Å². The van der Waals surface area contributed by atoms with Crippen molar-refractivity contribution in [2.45, 2.75) is 13.3 Å². The molecule has 1 rings (SSSR count). The van der Waals surface area contributed by atoms with E-state index in [4.69, 9.17) is 10.2 Å². The van der Waals surface area contributed by atoms with E-state index in [1.54, 1.807) is 4.90 Å². The predicted molar refractivity (Wildman–Crippen MR) is 73.6 cm³/mol. The minimum atomic E-state index is -0.588. The van der Waals surface area contributed by atoms with Gasteiger partial charge in [0, 0.05) is 25.3 Å². The molecule has 0 heterocycles. The van der Waals surface area contributed by atoms with E-state index < -0.39 is 5.82 Å². The van der Waals surface area contributed by atoms with Crippen molar-refractivity contribution in [2.75, 3.05) is 26.3 Å². The fraction of sp³-hybridized carbons (Fsp3) is 0.400. The molecule has 0 atom stereocenters. The summed E-state index contributed by atoms with van der Waals surface area (Å²) in [7, 11) is 0. The van der Waals surface area contributed by atoms with Gasteiger partial charge in [-0.05, 0) is 31.5 Å². The molecular formula is C15H18FNO3. The molecule has 0 spiro atoms. The van der Waals surface area contributed by atoms with Gasteiger partial charge in [-0.1, -0.05) is 11.8 Å². The molecule has 20 heavy (non-hydrogen) atoms. The zero-order valence-electron chi connectivity index (χ0n) is 11.4. The van der Waals surface area contributed by atoms with Crippen LogP contribution in [-0.2, 0) is 0 Å². The van der Waals surface area contributed by atoms with Crippen LogP contribution in [0.1, 0.15) is 29.3 Å². The molecule has 108 valence electrons. The van der Waals surface area contributed by atoms with Gasteiger partial charge in [0.1, 0.15) is 12.4 Å². The first-order valence-corrected chi connectivity index (χ1v) is 6.43. The SMILES string of the molecule is CCN(CCCO)C(=O)c1ccc(C#CCO)c(F)c1. The molecule has 1 amide bonds. The van der Waals surface area contributed by atoms with Gasteiger partial charge in [-0.15, -0.1) is 0 Å². The highest BCUT2D eigenvalue weighted by Gasteiger charge is 2.15. The Bertz CT molecular complexity index is 520. The zero-order chi connectivity index (χ0) is 15.0. The molecule has 4 nitrogen and oxygen atoms in total. The molecule has 0 aliphatic rings. The van der Waals surface area contributed by atoms with Crippen molar-refractivity contribution >= 4 is 5.91 Å². The molecule has 0 aliphatic heterocycles. The second kappa shape index (κ2) is 8.31. The van der Waals surface area contributed by atoms with Crippen LogP contribution in [0.4, 0.5) is 4.39 Å². The molecule has 0 saturated heterocycles. The number of aliphatic hydroxyl groups excluding tert-OH is 2. The number of nitrogens with zero attached hydrogens (tertiary/aromatic N) is 1. The molecule has 1 aromatic carbocycles. The van der Waals surface area contributed by atoms with Crippen LogP contribution in [0.2, 0.25) is 0 Å². The average molecular weight is 279 g/mol. The van der Waals surface area contributed by atoms with Gasteiger partial charge >= 0.3 is 0 Å². The second-order valence-corrected chi connectivity index (χ2v) is 4.12. The lowest BCUT2D eigenvalue weighted by molar-refractivity contribution is 0.0754. The summed E-state index contributed by atoms with van der Waals surface area (Å²) in [5, 5.41) is 17.4. The van der Waals surface area contributed by atoms with E-state index in [-0.39, 0.29) is 30.2 Å². The number of amides is 1. The van der Waals surface area contributed by atoms with Crippen molar-refractivity contribution in [1.82, 2.24) is 4.90 Å². The van der Waals surface area contributed by atoms with Gasteiger partial charge in [0.15, 0.2) is 0 Å². The van der Waals surface area contributed by atoms with E-state index >= 15 is 0 Å². The molecule has 0 fully saturated rings. The summed E-state index contributed by atoms with van der Waals surface area (Å²) in [4.78, 5) is 13.7. The monoisotopic (exact) mass is 279 g/mol. The van der Waals surface area contributed by atoms with Crippen LogP contribution in [0.25, 0.3) is 0 Å². The Morgan fingerprint density at radius 2 is 2.15 bits per heavy atom. The minimum Gasteiger partial charge on any atom is -0.396 e. The standard InChI is InChI=1S/C15H18FNO3/c1-2-17(8-4-10-19)15(20)13-7-6-12(5-3-9-18)14(16)11-13/h6-7,11,18-19H,2,4,8-10H2,1H3. The maximum absolute atomic E-state index is 13.8. The molecule has 0 aromatic heterocycles. The average Bonchev–Trinajstić information content (AvgIpc) is 2.46. The van der Waals surface area contributed by atoms with E-state index in [0.29, 0.717) is 19.5 Å². The number of hydrogen-bond acceptors (Lipinski definition) is 3. The smallest absolute Gasteiger partial charge is 0.253 e. The van der Waals surface area contributed by atoms with Gasteiger partial charge in [-0.3, -0.25) is 4.79 Å². The summed E-state index contributed by atoms with van der Waals surface area (Å²) < 4.78 is 13.8. The van der Waals surface area contributed by atoms with Crippen LogP contribution >= 0.6 is 0 Å². The summed E-state index contributed by atoms with van der Waals surface area (Å²) in [6, 6.07) is 4.07. The molecule has 0 unspecified atom stereocenters. The van der Waals surface area contributed by atoms with Gasteiger partial charge in [0.25, 0.3) is 5.91 Å². The maximum Gasteiger partial charge on any atom is 0.253 e. The molecule has 5 heteroatoms. The van der Waals surface area contributed by atoms with Gasteiger partial charge < -0.3 is 15.1 Å². The lowest BCUT2D eigenvalue weighted by atomic mass is 10.1. The number of benzene rings is 1. The Morgan fingerprint density at radius 3 is 2.70 bits per heavy atom. The number of aliphatic hydroxyl groups is 2. The number of carbonyl (C=O) groups is 1. The summed E-state index contributed by atoms with van der Waals surface area (Å²) in [5.74, 6) is 3.97. The van der Waals surface area contributed by atoms with E-state index in [0.717, 1.165) is 6.07 Å². The molecule has 0 bridgehead atoms. The summed E-state index contributed by atoms with van der Waals surface area (Å²) in [5.41, 5.74) is 0.394. The predicted octanol–water partition coefficient (Wildman–Crippen LogP) is 1.01. The van der Waals surface area contributed by atoms with Gasteiger partial charge in [-0.25, -0.2) is 4.39 Å². The topological polar surface area (TPSA) is 60.8 Å². The van der Waals surface area contributed by atoms with Crippen LogP contribution in [0.3, 0.4) is 0 Å². The maximum atomic E-state index is 13.8. The fourth-order valence-electron chi connectivity index (χ4n) is 1.73. The number of rotatable bonds is 5. The van der Waals surface area contributed by atoms with E-state index in [1.165, 1.54) is 12.1 Å². The van der Waals surface area contributed by atoms with Crippen molar-refractivity contribution in [2.24, 2.45) is 0 Å². The van der Waals surface area contributed by atoms with Gasteiger partial charge in [0.05, 0.1) is 5.56 Å². The lowest BCUT2D eigenvalue weighted by Gasteiger charge is -2.20. The van der Waals surface area contributed by atoms with Crippen molar-refractivity contribution < 1.29 is 19.4 Å². The van der Waals surface area contributed by atoms with E-state index in [1.807, 2.05) is 6.92 Å². The van der Waals surface area contributed by atoms with Crippen molar-refractivity contribution in [1.29, 1.82) is 0 Å². The van der Waals surface area contributed by atoms with Crippen LogP contribution in [0.5, 0.6) is 0 Å². The highest BCUT2D eigenvalue weighted by Crippen LogP contribution is 2.12. The molecule has 0 aliphatic carbocycles. The van der Waals surface area contributed by atoms with Gasteiger partial charge in [0.2, 0.25) is 0 Å². The number of hydrogen-bond donors (Lipinski definition) is 2. The van der Waals surface area contributed by atoms with Crippen LogP contribution in [0.15, 0.2) is 18.2 Å². The Morgan fingerprint density at radius 1 is 1.40 bits per heavy atom. The second-order valence-electron chi connectivity index (χ2n) is 4.12.